The Hall–Kier alpha value is -1.81. The van der Waals surface area contributed by atoms with Crippen molar-refractivity contribution >= 4 is 16.8 Å². The van der Waals surface area contributed by atoms with Gasteiger partial charge in [-0.1, -0.05) is 19.1 Å². The molecule has 20 heavy (non-hydrogen) atoms. The highest BCUT2D eigenvalue weighted by atomic mass is 16.3. The Morgan fingerprint density at radius 1 is 1.45 bits per heavy atom. The molecule has 3 N–H and O–H groups in total. The molecule has 4 nitrogen and oxygen atoms in total. The van der Waals surface area contributed by atoms with E-state index in [0.717, 1.165) is 22.9 Å². The van der Waals surface area contributed by atoms with E-state index in [1.807, 2.05) is 25.3 Å². The molecule has 2 rings (SSSR count). The monoisotopic (exact) mass is 274 g/mol. The molecule has 0 aliphatic carbocycles. The number of H-pyrrole nitrogens is 1. The summed E-state index contributed by atoms with van der Waals surface area (Å²) < 4.78 is 0. The summed E-state index contributed by atoms with van der Waals surface area (Å²) in [6.07, 6.45) is 3.27. The maximum absolute atomic E-state index is 11.9. The van der Waals surface area contributed by atoms with E-state index in [-0.39, 0.29) is 12.0 Å². The summed E-state index contributed by atoms with van der Waals surface area (Å²) in [6, 6.07) is 6.07. The zero-order chi connectivity index (χ0) is 14.5. The number of aromatic amines is 1. The van der Waals surface area contributed by atoms with Crippen LogP contribution in [0.4, 0.5) is 0 Å². The molecular formula is C16H22N2O2. The first-order chi connectivity index (χ1) is 9.61. The number of hydrogen-bond acceptors (Lipinski definition) is 2. The number of nitrogens with one attached hydrogen (secondary N) is 2. The summed E-state index contributed by atoms with van der Waals surface area (Å²) >= 11 is 0. The third-order valence-corrected chi connectivity index (χ3v) is 3.62. The van der Waals surface area contributed by atoms with Crippen LogP contribution in [0.1, 0.15) is 30.9 Å². The van der Waals surface area contributed by atoms with Gasteiger partial charge in [-0.05, 0) is 37.0 Å². The lowest BCUT2D eigenvalue weighted by molar-refractivity contribution is -0.120. The van der Waals surface area contributed by atoms with Crippen LogP contribution in [0.3, 0.4) is 0 Å². The summed E-state index contributed by atoms with van der Waals surface area (Å²) in [7, 11) is 0. The molecular weight excluding hydrogens is 252 g/mol. The Morgan fingerprint density at radius 2 is 2.25 bits per heavy atom. The van der Waals surface area contributed by atoms with Crippen LogP contribution < -0.4 is 5.32 Å². The van der Waals surface area contributed by atoms with E-state index in [4.69, 9.17) is 0 Å². The zero-order valence-corrected chi connectivity index (χ0v) is 12.1. The molecule has 2 aromatic rings. The lowest BCUT2D eigenvalue weighted by Crippen LogP contribution is -2.28. The maximum Gasteiger partial charge on any atom is 0.224 e. The second-order valence-electron chi connectivity index (χ2n) is 5.19. The molecule has 1 heterocycles. The zero-order valence-electron chi connectivity index (χ0n) is 12.1. The average Bonchev–Trinajstić information content (AvgIpc) is 2.83. The van der Waals surface area contributed by atoms with Gasteiger partial charge in [0.05, 0.1) is 12.5 Å². The van der Waals surface area contributed by atoms with Crippen LogP contribution in [0.25, 0.3) is 10.9 Å². The summed E-state index contributed by atoms with van der Waals surface area (Å²) in [6.45, 7) is 4.51. The van der Waals surface area contributed by atoms with Gasteiger partial charge in [0.1, 0.15) is 0 Å². The summed E-state index contributed by atoms with van der Waals surface area (Å²) in [5, 5.41) is 13.4. The van der Waals surface area contributed by atoms with E-state index in [0.29, 0.717) is 19.4 Å². The van der Waals surface area contributed by atoms with Gasteiger partial charge in [0.15, 0.2) is 0 Å². The minimum absolute atomic E-state index is 0.00236. The molecule has 1 atom stereocenters. The van der Waals surface area contributed by atoms with Crippen molar-refractivity contribution in [3.63, 3.8) is 0 Å². The average molecular weight is 274 g/mol. The summed E-state index contributed by atoms with van der Waals surface area (Å²) in [4.78, 5) is 15.1. The molecule has 0 aliphatic rings. The fraction of sp³-hybridized carbons (Fsp3) is 0.438. The van der Waals surface area contributed by atoms with Crippen LogP contribution in [-0.4, -0.2) is 28.6 Å². The molecule has 1 amide bonds. The molecule has 4 heteroatoms. The normalized spacial score (nSPS) is 12.6. The molecule has 108 valence electrons. The van der Waals surface area contributed by atoms with Gasteiger partial charge < -0.3 is 15.4 Å². The van der Waals surface area contributed by atoms with E-state index in [1.54, 1.807) is 0 Å². The first-order valence-electron chi connectivity index (χ1n) is 7.12. The SMILES string of the molecule is CCC(O)CCNC(=O)Cc1c[nH]c2cccc(C)c12. The number of aliphatic hydroxyl groups is 1. The standard InChI is InChI=1S/C16H22N2O2/c1-3-13(19)7-8-17-15(20)9-12-10-18-14-6-4-5-11(2)16(12)14/h4-6,10,13,18-19H,3,7-9H2,1-2H3,(H,17,20). The van der Waals surface area contributed by atoms with Gasteiger partial charge in [0.25, 0.3) is 0 Å². The number of amides is 1. The van der Waals surface area contributed by atoms with Crippen LogP contribution >= 0.6 is 0 Å². The van der Waals surface area contributed by atoms with Gasteiger partial charge in [-0.3, -0.25) is 4.79 Å². The van der Waals surface area contributed by atoms with Crippen molar-refractivity contribution in [2.75, 3.05) is 6.54 Å². The molecule has 0 saturated heterocycles. The molecule has 0 saturated carbocycles. The minimum atomic E-state index is -0.328. The molecule has 1 aromatic heterocycles. The Bertz CT molecular complexity index is 589. The van der Waals surface area contributed by atoms with Gasteiger partial charge in [-0.25, -0.2) is 0 Å². The molecule has 1 aromatic carbocycles. The number of carbonyl (C=O) groups is 1. The van der Waals surface area contributed by atoms with E-state index in [1.165, 1.54) is 5.56 Å². The minimum Gasteiger partial charge on any atom is -0.393 e. The van der Waals surface area contributed by atoms with Crippen molar-refractivity contribution in [2.45, 2.75) is 39.2 Å². The third kappa shape index (κ3) is 3.39. The molecule has 0 bridgehead atoms. The summed E-state index contributed by atoms with van der Waals surface area (Å²) in [5.74, 6) is -0.00236. The highest BCUT2D eigenvalue weighted by Crippen LogP contribution is 2.22. The predicted molar refractivity (Wildman–Crippen MR) is 80.7 cm³/mol. The van der Waals surface area contributed by atoms with Crippen LogP contribution in [0, 0.1) is 6.92 Å². The Morgan fingerprint density at radius 3 is 3.00 bits per heavy atom. The quantitative estimate of drug-likeness (QED) is 0.756. The number of aliphatic hydroxyl groups excluding tert-OH is 1. The number of rotatable bonds is 6. The van der Waals surface area contributed by atoms with Crippen LogP contribution in [0.2, 0.25) is 0 Å². The number of fused-ring (bicyclic) bond motifs is 1. The maximum atomic E-state index is 11.9. The number of aryl methyl sites for hydroxylation is 1. The first kappa shape index (κ1) is 14.6. The third-order valence-electron chi connectivity index (χ3n) is 3.62. The number of benzene rings is 1. The van der Waals surface area contributed by atoms with Gasteiger partial charge >= 0.3 is 0 Å². The van der Waals surface area contributed by atoms with E-state index in [2.05, 4.69) is 23.3 Å². The van der Waals surface area contributed by atoms with Crippen molar-refractivity contribution in [1.82, 2.24) is 10.3 Å². The van der Waals surface area contributed by atoms with Crippen LogP contribution in [0.15, 0.2) is 24.4 Å². The lowest BCUT2D eigenvalue weighted by atomic mass is 10.1. The van der Waals surface area contributed by atoms with Gasteiger partial charge in [0, 0.05) is 23.6 Å². The van der Waals surface area contributed by atoms with Gasteiger partial charge in [-0.15, -0.1) is 0 Å². The Kier molecular flexibility index (Phi) is 4.79. The van der Waals surface area contributed by atoms with Crippen molar-refractivity contribution in [3.8, 4) is 0 Å². The second-order valence-corrected chi connectivity index (χ2v) is 5.19. The van der Waals surface area contributed by atoms with Crippen molar-refractivity contribution in [1.29, 1.82) is 0 Å². The Balaban J connectivity index is 1.96. The van der Waals surface area contributed by atoms with Crippen LogP contribution in [-0.2, 0) is 11.2 Å². The topological polar surface area (TPSA) is 65.1 Å². The molecule has 1 unspecified atom stereocenters. The Labute approximate surface area is 119 Å². The largest absolute Gasteiger partial charge is 0.393 e. The molecule has 0 aliphatic heterocycles. The fourth-order valence-electron chi connectivity index (χ4n) is 2.41. The highest BCUT2D eigenvalue weighted by Gasteiger charge is 2.10. The van der Waals surface area contributed by atoms with E-state index >= 15 is 0 Å². The van der Waals surface area contributed by atoms with Gasteiger partial charge in [-0.2, -0.15) is 0 Å². The molecule has 0 radical (unpaired) electrons. The van der Waals surface area contributed by atoms with Crippen molar-refractivity contribution in [2.24, 2.45) is 0 Å². The van der Waals surface area contributed by atoms with Crippen molar-refractivity contribution in [3.05, 3.63) is 35.5 Å². The summed E-state index contributed by atoms with van der Waals surface area (Å²) in [5.41, 5.74) is 3.26. The lowest BCUT2D eigenvalue weighted by Gasteiger charge is -2.08. The number of aromatic nitrogens is 1. The van der Waals surface area contributed by atoms with Crippen LogP contribution in [0.5, 0.6) is 0 Å². The predicted octanol–water partition coefficient (Wildman–Crippen LogP) is 2.30. The molecule has 0 spiro atoms. The number of hydrogen-bond donors (Lipinski definition) is 3. The molecule has 0 fully saturated rings. The van der Waals surface area contributed by atoms with Gasteiger partial charge in [0.2, 0.25) is 5.91 Å². The van der Waals surface area contributed by atoms with Crippen molar-refractivity contribution < 1.29 is 9.90 Å². The number of carbonyl (C=O) groups excluding carboxylic acids is 1. The second kappa shape index (κ2) is 6.57. The highest BCUT2D eigenvalue weighted by molar-refractivity contribution is 5.90. The van der Waals surface area contributed by atoms with E-state index in [9.17, 15) is 9.90 Å². The first-order valence-corrected chi connectivity index (χ1v) is 7.12. The smallest absolute Gasteiger partial charge is 0.224 e. The van der Waals surface area contributed by atoms with E-state index < -0.39 is 0 Å². The fourth-order valence-corrected chi connectivity index (χ4v) is 2.41.